The summed E-state index contributed by atoms with van der Waals surface area (Å²) in [5, 5.41) is 12.4. The van der Waals surface area contributed by atoms with Gasteiger partial charge in [0.25, 0.3) is 0 Å². The zero-order valence-corrected chi connectivity index (χ0v) is 19.6. The summed E-state index contributed by atoms with van der Waals surface area (Å²) in [6.07, 6.45) is 7.82. The standard InChI is InChI=1S/C28H41NO2/c1-3-5-6-7-11-18-28(30,26-16-14-24(4-2)15-17-26)27(25-12-9-8-10-13-25)23-29-19-21-31-22-20-29/h8-10,12-17,27,30H,3-7,11,18-23H2,1-2H3/t27-,28-/m0/s1. The summed E-state index contributed by atoms with van der Waals surface area (Å²) in [7, 11) is 0. The first-order chi connectivity index (χ1) is 15.2. The molecule has 1 aliphatic heterocycles. The van der Waals surface area contributed by atoms with Crippen molar-refractivity contribution in [3.8, 4) is 0 Å². The number of aryl methyl sites for hydroxylation is 1. The molecule has 0 spiro atoms. The third-order valence-electron chi connectivity index (χ3n) is 6.85. The summed E-state index contributed by atoms with van der Waals surface area (Å²) in [4.78, 5) is 2.46. The molecule has 3 nitrogen and oxygen atoms in total. The smallest absolute Gasteiger partial charge is 0.0977 e. The van der Waals surface area contributed by atoms with Crippen molar-refractivity contribution in [3.63, 3.8) is 0 Å². The summed E-state index contributed by atoms with van der Waals surface area (Å²) in [6.45, 7) is 8.72. The highest BCUT2D eigenvalue weighted by Crippen LogP contribution is 2.42. The van der Waals surface area contributed by atoms with E-state index in [0.29, 0.717) is 0 Å². The van der Waals surface area contributed by atoms with Crippen molar-refractivity contribution in [3.05, 3.63) is 71.3 Å². The molecule has 0 bridgehead atoms. The highest BCUT2D eigenvalue weighted by Gasteiger charge is 2.40. The van der Waals surface area contributed by atoms with E-state index < -0.39 is 5.60 Å². The van der Waals surface area contributed by atoms with Crippen LogP contribution in [0.5, 0.6) is 0 Å². The Hall–Kier alpha value is -1.68. The van der Waals surface area contributed by atoms with Gasteiger partial charge in [0, 0.05) is 25.6 Å². The molecular weight excluding hydrogens is 382 g/mol. The molecular formula is C28H41NO2. The van der Waals surface area contributed by atoms with Crippen LogP contribution in [0.4, 0.5) is 0 Å². The highest BCUT2D eigenvalue weighted by molar-refractivity contribution is 5.33. The van der Waals surface area contributed by atoms with Gasteiger partial charge in [-0.25, -0.2) is 0 Å². The highest BCUT2D eigenvalue weighted by atomic mass is 16.5. The predicted molar refractivity (Wildman–Crippen MR) is 130 cm³/mol. The Morgan fingerprint density at radius 2 is 1.58 bits per heavy atom. The summed E-state index contributed by atoms with van der Waals surface area (Å²) in [5.74, 6) is 0.0328. The number of aliphatic hydroxyl groups is 1. The lowest BCUT2D eigenvalue weighted by molar-refractivity contribution is -0.0296. The Morgan fingerprint density at radius 1 is 0.903 bits per heavy atom. The fourth-order valence-corrected chi connectivity index (χ4v) is 4.81. The van der Waals surface area contributed by atoms with E-state index in [4.69, 9.17) is 4.74 Å². The van der Waals surface area contributed by atoms with Crippen LogP contribution < -0.4 is 0 Å². The lowest BCUT2D eigenvalue weighted by Gasteiger charge is -2.41. The van der Waals surface area contributed by atoms with Gasteiger partial charge in [-0.15, -0.1) is 0 Å². The molecule has 1 fully saturated rings. The third kappa shape index (κ3) is 6.65. The van der Waals surface area contributed by atoms with Crippen LogP contribution in [0, 0.1) is 0 Å². The fraction of sp³-hybridized carbons (Fsp3) is 0.571. The minimum atomic E-state index is -0.877. The molecule has 3 rings (SSSR count). The first kappa shape index (κ1) is 24.0. The quantitative estimate of drug-likeness (QED) is 0.431. The van der Waals surface area contributed by atoms with Crippen molar-refractivity contribution in [2.45, 2.75) is 70.3 Å². The van der Waals surface area contributed by atoms with Crippen molar-refractivity contribution in [1.82, 2.24) is 4.90 Å². The zero-order chi connectivity index (χ0) is 21.9. The molecule has 31 heavy (non-hydrogen) atoms. The van der Waals surface area contributed by atoms with Gasteiger partial charge in [0.05, 0.1) is 18.8 Å². The van der Waals surface area contributed by atoms with Crippen LogP contribution in [-0.4, -0.2) is 42.9 Å². The number of unbranched alkanes of at least 4 members (excludes halogenated alkanes) is 4. The van der Waals surface area contributed by atoms with Crippen LogP contribution in [0.3, 0.4) is 0 Å². The molecule has 3 heteroatoms. The van der Waals surface area contributed by atoms with Crippen molar-refractivity contribution >= 4 is 0 Å². The number of hydrogen-bond donors (Lipinski definition) is 1. The fourth-order valence-electron chi connectivity index (χ4n) is 4.81. The SMILES string of the molecule is CCCCCCC[C@](O)(c1ccc(CC)cc1)[C@@H](CN1CCOCC1)c1ccccc1. The largest absolute Gasteiger partial charge is 0.384 e. The molecule has 1 N–H and O–H groups in total. The van der Waals surface area contributed by atoms with E-state index in [1.165, 1.54) is 36.8 Å². The predicted octanol–water partition coefficient (Wildman–Crippen LogP) is 5.91. The Bertz CT molecular complexity index is 739. The topological polar surface area (TPSA) is 32.7 Å². The van der Waals surface area contributed by atoms with Gasteiger partial charge < -0.3 is 9.84 Å². The second-order valence-corrected chi connectivity index (χ2v) is 9.02. The van der Waals surface area contributed by atoms with Crippen molar-refractivity contribution in [2.75, 3.05) is 32.8 Å². The second-order valence-electron chi connectivity index (χ2n) is 9.02. The molecule has 0 aromatic heterocycles. The van der Waals surface area contributed by atoms with Crippen LogP contribution in [0.25, 0.3) is 0 Å². The summed E-state index contributed by atoms with van der Waals surface area (Å²) >= 11 is 0. The number of hydrogen-bond acceptors (Lipinski definition) is 3. The van der Waals surface area contributed by atoms with Gasteiger partial charge >= 0.3 is 0 Å². The molecule has 2 aromatic rings. The van der Waals surface area contributed by atoms with Crippen molar-refractivity contribution in [1.29, 1.82) is 0 Å². The van der Waals surface area contributed by atoms with Crippen LogP contribution in [-0.2, 0) is 16.8 Å². The molecule has 1 heterocycles. The van der Waals surface area contributed by atoms with E-state index in [-0.39, 0.29) is 5.92 Å². The first-order valence-electron chi connectivity index (χ1n) is 12.3. The normalized spacial score (nSPS) is 17.9. The number of morpholine rings is 1. The summed E-state index contributed by atoms with van der Waals surface area (Å²) in [5.41, 5.74) is 2.73. The van der Waals surface area contributed by atoms with Gasteiger partial charge in [-0.3, -0.25) is 4.90 Å². The minimum absolute atomic E-state index is 0.0328. The number of ether oxygens (including phenoxy) is 1. The Morgan fingerprint density at radius 3 is 2.23 bits per heavy atom. The minimum Gasteiger partial charge on any atom is -0.384 e. The molecule has 2 atom stereocenters. The molecule has 0 radical (unpaired) electrons. The van der Waals surface area contributed by atoms with E-state index in [1.54, 1.807) is 0 Å². The molecule has 2 aromatic carbocycles. The lowest BCUT2D eigenvalue weighted by atomic mass is 9.73. The maximum atomic E-state index is 12.4. The molecule has 0 unspecified atom stereocenters. The summed E-state index contributed by atoms with van der Waals surface area (Å²) < 4.78 is 5.58. The van der Waals surface area contributed by atoms with Crippen molar-refractivity contribution in [2.24, 2.45) is 0 Å². The molecule has 1 saturated heterocycles. The van der Waals surface area contributed by atoms with Crippen LogP contribution in [0.1, 0.15) is 75.0 Å². The van der Waals surface area contributed by atoms with E-state index in [1.807, 2.05) is 0 Å². The average Bonchev–Trinajstić information content (AvgIpc) is 2.83. The zero-order valence-electron chi connectivity index (χ0n) is 19.6. The molecule has 1 aliphatic rings. The van der Waals surface area contributed by atoms with Gasteiger partial charge in [0.2, 0.25) is 0 Å². The van der Waals surface area contributed by atoms with E-state index >= 15 is 0 Å². The van der Waals surface area contributed by atoms with Gasteiger partial charge in [0.1, 0.15) is 0 Å². The monoisotopic (exact) mass is 423 g/mol. The van der Waals surface area contributed by atoms with Crippen LogP contribution >= 0.6 is 0 Å². The van der Waals surface area contributed by atoms with Gasteiger partial charge in [-0.2, -0.15) is 0 Å². The summed E-state index contributed by atoms with van der Waals surface area (Å²) in [6, 6.07) is 19.4. The Labute approximate surface area is 189 Å². The molecule has 170 valence electrons. The van der Waals surface area contributed by atoms with E-state index in [2.05, 4.69) is 73.3 Å². The Kier molecular flexibility index (Phi) is 9.57. The van der Waals surface area contributed by atoms with Crippen LogP contribution in [0.15, 0.2) is 54.6 Å². The van der Waals surface area contributed by atoms with Gasteiger partial charge in [-0.1, -0.05) is 101 Å². The number of rotatable bonds is 12. The molecule has 0 saturated carbocycles. The third-order valence-corrected chi connectivity index (χ3v) is 6.85. The number of nitrogens with zero attached hydrogens (tertiary/aromatic N) is 1. The lowest BCUT2D eigenvalue weighted by Crippen LogP contribution is -2.45. The van der Waals surface area contributed by atoms with Crippen LogP contribution in [0.2, 0.25) is 0 Å². The number of benzene rings is 2. The molecule has 0 amide bonds. The average molecular weight is 424 g/mol. The second kappa shape index (κ2) is 12.4. The van der Waals surface area contributed by atoms with Crippen molar-refractivity contribution < 1.29 is 9.84 Å². The first-order valence-corrected chi connectivity index (χ1v) is 12.3. The van der Waals surface area contributed by atoms with E-state index in [9.17, 15) is 5.11 Å². The maximum absolute atomic E-state index is 12.4. The maximum Gasteiger partial charge on any atom is 0.0977 e. The van der Waals surface area contributed by atoms with Gasteiger partial charge in [0.15, 0.2) is 0 Å². The van der Waals surface area contributed by atoms with E-state index in [0.717, 1.165) is 57.7 Å². The van der Waals surface area contributed by atoms with Gasteiger partial charge in [-0.05, 0) is 29.5 Å². The molecule has 0 aliphatic carbocycles. The Balaban J connectivity index is 1.91.